The van der Waals surface area contributed by atoms with E-state index < -0.39 is 0 Å². The van der Waals surface area contributed by atoms with Gasteiger partial charge in [-0.05, 0) is 46.8 Å². The number of nitrogens with one attached hydrogen (secondary N) is 8. The fourth-order valence-corrected chi connectivity index (χ4v) is 4.63. The summed E-state index contributed by atoms with van der Waals surface area (Å²) in [4.78, 5) is 24.5. The van der Waals surface area contributed by atoms with Crippen LogP contribution in [0.4, 0.5) is 0 Å². The Labute approximate surface area is 216 Å². The lowest BCUT2D eigenvalue weighted by atomic mass is 9.90. The molecule has 0 unspecified atom stereocenters. The second kappa shape index (κ2) is 16.9. The fourth-order valence-electron chi connectivity index (χ4n) is 4.31. The number of nitrogens with zero attached hydrogens (tertiary/aromatic N) is 1. The van der Waals surface area contributed by atoms with Crippen LogP contribution in [-0.4, -0.2) is 121 Å². The van der Waals surface area contributed by atoms with Gasteiger partial charge in [-0.1, -0.05) is 6.92 Å². The second-order valence-electron chi connectivity index (χ2n) is 9.46. The molecular formula is C23H47N9O2S. The molecule has 1 heterocycles. The molecule has 0 saturated carbocycles. The van der Waals surface area contributed by atoms with Crippen LogP contribution in [0, 0.1) is 5.41 Å². The molecule has 0 atom stereocenters. The van der Waals surface area contributed by atoms with Gasteiger partial charge in [0, 0.05) is 83.0 Å². The average Bonchev–Trinajstić information content (AvgIpc) is 3.11. The SMILES string of the molecule is CNCC(C)(CNC)CNCCNCC(CNC)(CNC)NC(=S)NCCCN1C(=O)C=CC1=O. The third-order valence-corrected chi connectivity index (χ3v) is 6.10. The van der Waals surface area contributed by atoms with Crippen LogP contribution in [0.5, 0.6) is 0 Å². The van der Waals surface area contributed by atoms with Crippen molar-refractivity contribution in [2.45, 2.75) is 18.9 Å². The summed E-state index contributed by atoms with van der Waals surface area (Å²) in [5, 5.41) is 27.4. The van der Waals surface area contributed by atoms with Gasteiger partial charge >= 0.3 is 0 Å². The lowest BCUT2D eigenvalue weighted by Crippen LogP contribution is -2.66. The van der Waals surface area contributed by atoms with Crippen molar-refractivity contribution < 1.29 is 9.59 Å². The number of hydrogen-bond acceptors (Lipinski definition) is 9. The highest BCUT2D eigenvalue weighted by atomic mass is 32.1. The maximum absolute atomic E-state index is 11.6. The summed E-state index contributed by atoms with van der Waals surface area (Å²) >= 11 is 5.55. The van der Waals surface area contributed by atoms with E-state index in [0.29, 0.717) is 44.3 Å². The summed E-state index contributed by atoms with van der Waals surface area (Å²) in [5.41, 5.74) is -0.179. The van der Waals surface area contributed by atoms with Crippen molar-refractivity contribution >= 4 is 29.1 Å². The number of hydrogen-bond donors (Lipinski definition) is 8. The zero-order valence-corrected chi connectivity index (χ0v) is 22.9. The molecule has 12 heteroatoms. The van der Waals surface area contributed by atoms with Gasteiger partial charge in [0.25, 0.3) is 11.8 Å². The first-order chi connectivity index (χ1) is 16.7. The Morgan fingerprint density at radius 1 is 0.800 bits per heavy atom. The maximum Gasteiger partial charge on any atom is 0.253 e. The van der Waals surface area contributed by atoms with E-state index in [0.717, 1.165) is 32.7 Å². The van der Waals surface area contributed by atoms with Crippen LogP contribution in [0.15, 0.2) is 12.2 Å². The van der Waals surface area contributed by atoms with E-state index in [1.807, 2.05) is 28.2 Å². The molecule has 202 valence electrons. The maximum atomic E-state index is 11.6. The molecule has 0 aromatic rings. The van der Waals surface area contributed by atoms with Crippen molar-refractivity contribution in [2.24, 2.45) is 5.41 Å². The molecule has 8 N–H and O–H groups in total. The van der Waals surface area contributed by atoms with E-state index in [1.165, 1.54) is 17.1 Å². The molecule has 0 aromatic heterocycles. The quantitative estimate of drug-likeness (QED) is 0.0502. The number of thiocarbonyl (C=S) groups is 1. The first-order valence-corrected chi connectivity index (χ1v) is 12.7. The Kier molecular flexibility index (Phi) is 15.1. The Morgan fingerprint density at radius 3 is 1.83 bits per heavy atom. The molecule has 0 fully saturated rings. The predicted molar refractivity (Wildman–Crippen MR) is 146 cm³/mol. The zero-order valence-electron chi connectivity index (χ0n) is 22.1. The van der Waals surface area contributed by atoms with E-state index >= 15 is 0 Å². The summed E-state index contributed by atoms with van der Waals surface area (Å²) in [6.45, 7) is 9.83. The van der Waals surface area contributed by atoms with E-state index in [9.17, 15) is 9.59 Å². The average molecular weight is 514 g/mol. The number of rotatable bonds is 20. The molecule has 0 bridgehead atoms. The molecule has 0 radical (unpaired) electrons. The topological polar surface area (TPSA) is 134 Å². The van der Waals surface area contributed by atoms with E-state index in [4.69, 9.17) is 12.2 Å². The van der Waals surface area contributed by atoms with Crippen molar-refractivity contribution in [2.75, 3.05) is 93.6 Å². The number of carbonyl (C=O) groups is 2. The first kappa shape index (κ1) is 31.4. The molecular weight excluding hydrogens is 466 g/mol. The zero-order chi connectivity index (χ0) is 26.2. The van der Waals surface area contributed by atoms with Gasteiger partial charge in [-0.15, -0.1) is 0 Å². The third kappa shape index (κ3) is 11.7. The standard InChI is InChI=1S/C23H47N9O2S/c1-22(13-24-2,14-25-3)15-28-10-11-29-18-23(16-26-4,17-27-5)31-21(35)30-9-6-12-32-19(33)7-8-20(32)34/h7-8,24-29H,6,9-18H2,1-5H3,(H2,30,31,35). The molecule has 2 amide bonds. The predicted octanol–water partition coefficient (Wildman–Crippen LogP) is -2.43. The van der Waals surface area contributed by atoms with Crippen LogP contribution in [-0.2, 0) is 9.59 Å². The van der Waals surface area contributed by atoms with Crippen molar-refractivity contribution in [3.63, 3.8) is 0 Å². The molecule has 35 heavy (non-hydrogen) atoms. The molecule has 1 rings (SSSR count). The fraction of sp³-hybridized carbons (Fsp3) is 0.783. The van der Waals surface area contributed by atoms with Crippen LogP contribution < -0.4 is 42.5 Å². The minimum absolute atomic E-state index is 0.150. The first-order valence-electron chi connectivity index (χ1n) is 12.3. The van der Waals surface area contributed by atoms with Crippen molar-refractivity contribution in [1.29, 1.82) is 0 Å². The van der Waals surface area contributed by atoms with Crippen molar-refractivity contribution in [1.82, 2.24) is 47.4 Å². The monoisotopic (exact) mass is 513 g/mol. The number of carbonyl (C=O) groups excluding carboxylic acids is 2. The van der Waals surface area contributed by atoms with Crippen molar-refractivity contribution in [3.8, 4) is 0 Å². The van der Waals surface area contributed by atoms with E-state index in [1.54, 1.807) is 0 Å². The molecule has 11 nitrogen and oxygen atoms in total. The third-order valence-electron chi connectivity index (χ3n) is 5.85. The van der Waals surface area contributed by atoms with Gasteiger partial charge in [-0.3, -0.25) is 14.5 Å². The minimum atomic E-state index is -0.328. The molecule has 1 aliphatic heterocycles. The van der Waals surface area contributed by atoms with Crippen LogP contribution >= 0.6 is 12.2 Å². The Morgan fingerprint density at radius 2 is 1.31 bits per heavy atom. The summed E-state index contributed by atoms with van der Waals surface area (Å²) < 4.78 is 0. The second-order valence-corrected chi connectivity index (χ2v) is 9.87. The summed E-state index contributed by atoms with van der Waals surface area (Å²) in [7, 11) is 7.81. The largest absolute Gasteiger partial charge is 0.363 e. The smallest absolute Gasteiger partial charge is 0.253 e. The van der Waals surface area contributed by atoms with Gasteiger partial charge in [0.15, 0.2) is 5.11 Å². The lowest BCUT2D eigenvalue weighted by molar-refractivity contribution is -0.136. The molecule has 0 aromatic carbocycles. The Balaban J connectivity index is 2.44. The normalized spacial score (nSPS) is 14.1. The number of imide groups is 1. The highest BCUT2D eigenvalue weighted by molar-refractivity contribution is 7.80. The van der Waals surface area contributed by atoms with Gasteiger partial charge in [-0.25, -0.2) is 0 Å². The summed E-state index contributed by atoms with van der Waals surface area (Å²) in [5.74, 6) is -0.515. The molecule has 0 spiro atoms. The van der Waals surface area contributed by atoms with E-state index in [-0.39, 0.29) is 22.8 Å². The molecule has 0 saturated heterocycles. The van der Waals surface area contributed by atoms with Gasteiger partial charge < -0.3 is 42.5 Å². The van der Waals surface area contributed by atoms with Crippen molar-refractivity contribution in [3.05, 3.63) is 12.2 Å². The minimum Gasteiger partial charge on any atom is -0.363 e. The van der Waals surface area contributed by atoms with Gasteiger partial charge in [0.2, 0.25) is 0 Å². The highest BCUT2D eigenvalue weighted by Gasteiger charge is 2.29. The highest BCUT2D eigenvalue weighted by Crippen LogP contribution is 2.11. The van der Waals surface area contributed by atoms with Gasteiger partial charge in [-0.2, -0.15) is 0 Å². The lowest BCUT2D eigenvalue weighted by Gasteiger charge is -2.36. The van der Waals surface area contributed by atoms with Crippen LogP contribution in [0.2, 0.25) is 0 Å². The van der Waals surface area contributed by atoms with Gasteiger partial charge in [0.05, 0.1) is 5.54 Å². The van der Waals surface area contributed by atoms with E-state index in [2.05, 4.69) is 49.5 Å². The summed E-state index contributed by atoms with van der Waals surface area (Å²) in [6.07, 6.45) is 3.23. The summed E-state index contributed by atoms with van der Waals surface area (Å²) in [6, 6.07) is 0. The van der Waals surface area contributed by atoms with Crippen LogP contribution in [0.25, 0.3) is 0 Å². The van der Waals surface area contributed by atoms with Crippen LogP contribution in [0.1, 0.15) is 13.3 Å². The van der Waals surface area contributed by atoms with Gasteiger partial charge in [0.1, 0.15) is 0 Å². The number of amides is 2. The Bertz CT molecular complexity index is 660. The molecule has 1 aliphatic rings. The van der Waals surface area contributed by atoms with Crippen LogP contribution in [0.3, 0.4) is 0 Å². The Hall–Kier alpha value is -1.67. The number of likely N-dealkylation sites (N-methyl/N-ethyl adjacent to an activating group) is 2. The molecule has 0 aliphatic carbocycles.